The van der Waals surface area contributed by atoms with Crippen molar-refractivity contribution in [2.75, 3.05) is 0 Å². The minimum absolute atomic E-state index is 0.691. The lowest BCUT2D eigenvalue weighted by atomic mass is 9.97. The summed E-state index contributed by atoms with van der Waals surface area (Å²) in [7, 11) is 0. The van der Waals surface area contributed by atoms with Gasteiger partial charge in [0.15, 0.2) is 5.82 Å². The van der Waals surface area contributed by atoms with Crippen LogP contribution in [0.25, 0.3) is 120 Å². The van der Waals surface area contributed by atoms with Crippen molar-refractivity contribution in [1.82, 2.24) is 15.0 Å². The number of pyridine rings is 1. The van der Waals surface area contributed by atoms with E-state index in [0.717, 1.165) is 89.0 Å². The van der Waals surface area contributed by atoms with Crippen LogP contribution in [0.2, 0.25) is 0 Å². The maximum atomic E-state index is 6.19. The number of nitrogens with zero attached hydrogens (tertiary/aromatic N) is 3. The molecule has 60 heavy (non-hydrogen) atoms. The van der Waals surface area contributed by atoms with Gasteiger partial charge in [0.1, 0.15) is 11.2 Å². The Hall–Kier alpha value is -7.73. The average molecular weight is 784 g/mol. The van der Waals surface area contributed by atoms with Crippen molar-refractivity contribution >= 4 is 64.4 Å². The molecule has 4 heterocycles. The second-order valence-electron chi connectivity index (χ2n) is 15.1. The lowest BCUT2D eigenvalue weighted by Gasteiger charge is -2.11. The highest BCUT2D eigenvalue weighted by atomic mass is 32.1. The van der Waals surface area contributed by atoms with Gasteiger partial charge in [-0.25, -0.2) is 15.0 Å². The summed E-state index contributed by atoms with van der Waals surface area (Å²) in [4.78, 5) is 15.5. The zero-order valence-electron chi connectivity index (χ0n) is 32.2. The molecule has 4 nitrogen and oxygen atoms in total. The Kier molecular flexibility index (Phi) is 8.00. The fraction of sp³-hybridized carbons (Fsp3) is 0. The van der Waals surface area contributed by atoms with E-state index in [0.29, 0.717) is 5.82 Å². The molecule has 12 rings (SSSR count). The topological polar surface area (TPSA) is 51.8 Å². The number of furan rings is 1. The molecule has 280 valence electrons. The number of thiophene rings is 1. The third-order valence-corrected chi connectivity index (χ3v) is 12.7. The van der Waals surface area contributed by atoms with Gasteiger partial charge in [0.2, 0.25) is 0 Å². The van der Waals surface area contributed by atoms with Gasteiger partial charge in [-0.2, -0.15) is 0 Å². The number of para-hydroxylation sites is 2. The standard InChI is InChI=1S/C55H33N3OS/c1-3-12-38(13-4-1)53-52-44-32-40(30-31-50(44)60-54(52)42-16-7-9-19-45(42)56-53)34-22-26-36(27-23-34)46-33-47(58-55(57-46)39-14-5-2-6-15-39)37-28-24-35(25-29-37)41-18-11-21-49-51(41)43-17-8-10-20-48(43)59-49/h1-33H. The SMILES string of the molecule is c1ccc(-c2nc(-c3ccc(-c4ccc5sc6c7ccccc7nc(-c7ccccc7)c6c5c4)cc3)cc(-c3ccc(-c4cccc5oc6ccccc6c45)cc3)n2)cc1. The van der Waals surface area contributed by atoms with E-state index in [2.05, 4.69) is 164 Å². The Morgan fingerprint density at radius 3 is 1.72 bits per heavy atom. The predicted molar refractivity (Wildman–Crippen MR) is 250 cm³/mol. The van der Waals surface area contributed by atoms with Crippen LogP contribution in [-0.2, 0) is 0 Å². The number of rotatable bonds is 6. The van der Waals surface area contributed by atoms with Crippen LogP contribution in [-0.4, -0.2) is 15.0 Å². The summed E-state index contributed by atoms with van der Waals surface area (Å²) >= 11 is 1.85. The number of benzene rings is 8. The van der Waals surface area contributed by atoms with Crippen molar-refractivity contribution in [1.29, 1.82) is 0 Å². The van der Waals surface area contributed by atoms with Gasteiger partial charge >= 0.3 is 0 Å². The van der Waals surface area contributed by atoms with Gasteiger partial charge in [0, 0.05) is 58.6 Å². The molecule has 0 aliphatic rings. The molecule has 0 spiro atoms. The van der Waals surface area contributed by atoms with E-state index in [4.69, 9.17) is 19.4 Å². The molecule has 0 fully saturated rings. The summed E-state index contributed by atoms with van der Waals surface area (Å²) in [6.07, 6.45) is 0. The van der Waals surface area contributed by atoms with Gasteiger partial charge in [-0.1, -0.05) is 164 Å². The van der Waals surface area contributed by atoms with Gasteiger partial charge in [-0.15, -0.1) is 11.3 Å². The lowest BCUT2D eigenvalue weighted by Crippen LogP contribution is -1.96. The van der Waals surface area contributed by atoms with Gasteiger partial charge in [0.05, 0.1) is 22.6 Å². The van der Waals surface area contributed by atoms with Crippen LogP contribution in [0.15, 0.2) is 205 Å². The molecule has 0 radical (unpaired) electrons. The quantitative estimate of drug-likeness (QED) is 0.169. The van der Waals surface area contributed by atoms with Crippen molar-refractivity contribution in [3.63, 3.8) is 0 Å². The molecule has 0 bridgehead atoms. The van der Waals surface area contributed by atoms with Gasteiger partial charge in [0.25, 0.3) is 0 Å². The minimum Gasteiger partial charge on any atom is -0.456 e. The molecule has 5 heteroatoms. The molecular weight excluding hydrogens is 751 g/mol. The predicted octanol–water partition coefficient (Wildman–Crippen LogP) is 15.3. The highest BCUT2D eigenvalue weighted by Crippen LogP contribution is 2.44. The Morgan fingerprint density at radius 1 is 0.367 bits per heavy atom. The summed E-state index contributed by atoms with van der Waals surface area (Å²) in [5, 5.41) is 5.87. The second-order valence-corrected chi connectivity index (χ2v) is 16.2. The molecule has 0 atom stereocenters. The van der Waals surface area contributed by atoms with Crippen LogP contribution >= 0.6 is 11.3 Å². The first-order valence-corrected chi connectivity index (χ1v) is 20.9. The van der Waals surface area contributed by atoms with Crippen LogP contribution in [0.3, 0.4) is 0 Å². The maximum Gasteiger partial charge on any atom is 0.160 e. The first-order chi connectivity index (χ1) is 29.7. The average Bonchev–Trinajstić information content (AvgIpc) is 3.91. The zero-order chi connectivity index (χ0) is 39.6. The summed E-state index contributed by atoms with van der Waals surface area (Å²) in [5.41, 5.74) is 14.3. The molecule has 0 amide bonds. The summed E-state index contributed by atoms with van der Waals surface area (Å²) in [5.74, 6) is 0.691. The molecule has 0 unspecified atom stereocenters. The Balaban J connectivity index is 0.930. The van der Waals surface area contributed by atoms with E-state index in [1.807, 2.05) is 47.7 Å². The third-order valence-electron chi connectivity index (χ3n) is 11.5. The van der Waals surface area contributed by atoms with E-state index in [1.54, 1.807) is 0 Å². The van der Waals surface area contributed by atoms with Crippen LogP contribution in [0.4, 0.5) is 0 Å². The van der Waals surface area contributed by atoms with Gasteiger partial charge < -0.3 is 4.42 Å². The normalized spacial score (nSPS) is 11.7. The zero-order valence-corrected chi connectivity index (χ0v) is 33.0. The fourth-order valence-electron chi connectivity index (χ4n) is 8.57. The van der Waals surface area contributed by atoms with Crippen molar-refractivity contribution in [3.05, 3.63) is 200 Å². The van der Waals surface area contributed by atoms with Crippen LogP contribution in [0.1, 0.15) is 0 Å². The lowest BCUT2D eigenvalue weighted by molar-refractivity contribution is 0.669. The van der Waals surface area contributed by atoms with E-state index in [-0.39, 0.29) is 0 Å². The Labute approximate surface area is 349 Å². The van der Waals surface area contributed by atoms with E-state index in [9.17, 15) is 0 Å². The first kappa shape index (κ1) is 34.3. The molecular formula is C55H33N3OS. The van der Waals surface area contributed by atoms with Crippen LogP contribution in [0.5, 0.6) is 0 Å². The monoisotopic (exact) mass is 783 g/mol. The fourth-order valence-corrected chi connectivity index (χ4v) is 9.79. The van der Waals surface area contributed by atoms with Crippen molar-refractivity contribution in [3.8, 4) is 67.4 Å². The molecule has 8 aromatic carbocycles. The first-order valence-electron chi connectivity index (χ1n) is 20.1. The smallest absolute Gasteiger partial charge is 0.160 e. The molecule has 0 N–H and O–H groups in total. The van der Waals surface area contributed by atoms with E-state index >= 15 is 0 Å². The summed E-state index contributed by atoms with van der Waals surface area (Å²) < 4.78 is 8.72. The van der Waals surface area contributed by atoms with Crippen LogP contribution < -0.4 is 0 Å². The van der Waals surface area contributed by atoms with Crippen molar-refractivity contribution in [2.24, 2.45) is 0 Å². The Morgan fingerprint density at radius 2 is 0.967 bits per heavy atom. The highest BCUT2D eigenvalue weighted by molar-refractivity contribution is 7.26. The number of fused-ring (bicyclic) bond motifs is 8. The molecule has 0 saturated carbocycles. The molecule has 12 aromatic rings. The molecule has 0 aliphatic carbocycles. The van der Waals surface area contributed by atoms with E-state index < -0.39 is 0 Å². The van der Waals surface area contributed by atoms with Gasteiger partial charge in [-0.05, 0) is 58.7 Å². The van der Waals surface area contributed by atoms with Gasteiger partial charge in [-0.3, -0.25) is 0 Å². The van der Waals surface area contributed by atoms with Crippen molar-refractivity contribution in [2.45, 2.75) is 0 Å². The summed E-state index contributed by atoms with van der Waals surface area (Å²) in [6.45, 7) is 0. The van der Waals surface area contributed by atoms with Crippen molar-refractivity contribution < 1.29 is 4.42 Å². The number of aromatic nitrogens is 3. The largest absolute Gasteiger partial charge is 0.456 e. The summed E-state index contributed by atoms with van der Waals surface area (Å²) in [6, 6.07) is 70.1. The third kappa shape index (κ3) is 5.78. The molecule has 4 aromatic heterocycles. The van der Waals surface area contributed by atoms with E-state index in [1.165, 1.54) is 25.6 Å². The second kappa shape index (κ2) is 14.0. The molecule has 0 saturated heterocycles. The minimum atomic E-state index is 0.691. The number of hydrogen-bond donors (Lipinski definition) is 0. The highest BCUT2D eigenvalue weighted by Gasteiger charge is 2.18. The maximum absolute atomic E-state index is 6.19. The molecule has 0 aliphatic heterocycles. The van der Waals surface area contributed by atoms with Crippen LogP contribution in [0, 0.1) is 0 Å². The Bertz CT molecular complexity index is 3570. The number of hydrogen-bond acceptors (Lipinski definition) is 5.